The highest BCUT2D eigenvalue weighted by Gasteiger charge is 2.26. The van der Waals surface area contributed by atoms with Crippen LogP contribution in [0.2, 0.25) is 0 Å². The molecule has 2 N–H and O–H groups in total. The molecule has 0 atom stereocenters. The van der Waals surface area contributed by atoms with Crippen LogP contribution in [0.15, 0.2) is 22.5 Å². The van der Waals surface area contributed by atoms with Crippen molar-refractivity contribution < 1.29 is 4.79 Å². The molecule has 134 valence electrons. The molecule has 0 saturated carbocycles. The number of nitrogens with one attached hydrogen (secondary N) is 2. The zero-order valence-corrected chi connectivity index (χ0v) is 16.1. The largest absolute Gasteiger partial charge is 0.359 e. The summed E-state index contributed by atoms with van der Waals surface area (Å²) in [5.74, 6) is 1.61. The Balaban J connectivity index is 1.84. The number of thiophene rings is 1. The molecule has 1 aliphatic rings. The van der Waals surface area contributed by atoms with Crippen molar-refractivity contribution in [1.29, 1.82) is 0 Å². The first kappa shape index (κ1) is 18.8. The number of hydrogen-bond acceptors (Lipinski definition) is 3. The Labute approximate surface area is 149 Å². The maximum atomic E-state index is 11.5. The molecule has 0 aromatic carbocycles. The van der Waals surface area contributed by atoms with Gasteiger partial charge in [0.2, 0.25) is 5.91 Å². The molecule has 1 fully saturated rings. The molecule has 1 aromatic rings. The van der Waals surface area contributed by atoms with Crippen molar-refractivity contribution >= 4 is 23.2 Å². The van der Waals surface area contributed by atoms with Gasteiger partial charge in [0, 0.05) is 50.4 Å². The van der Waals surface area contributed by atoms with Crippen LogP contribution in [0.25, 0.3) is 0 Å². The second-order valence-corrected chi connectivity index (χ2v) is 8.02. The molecule has 1 amide bonds. The molecule has 2 rings (SSSR count). The number of guanidine groups is 1. The van der Waals surface area contributed by atoms with E-state index in [4.69, 9.17) is 0 Å². The molecule has 6 heteroatoms. The van der Waals surface area contributed by atoms with E-state index >= 15 is 0 Å². The lowest BCUT2D eigenvalue weighted by molar-refractivity contribution is -0.121. The fourth-order valence-corrected chi connectivity index (χ4v) is 3.95. The molecule has 2 heterocycles. The molecule has 1 saturated heterocycles. The molecule has 24 heavy (non-hydrogen) atoms. The Kier molecular flexibility index (Phi) is 6.66. The molecule has 5 nitrogen and oxygen atoms in total. The number of hydrogen-bond donors (Lipinski definition) is 2. The topological polar surface area (TPSA) is 56.7 Å². The summed E-state index contributed by atoms with van der Waals surface area (Å²) < 4.78 is 0. The second kappa shape index (κ2) is 8.51. The summed E-state index contributed by atoms with van der Waals surface area (Å²) in [4.78, 5) is 19.7. The fraction of sp³-hybridized carbons (Fsp3) is 0.667. The average Bonchev–Trinajstić information content (AvgIpc) is 3.12. The smallest absolute Gasteiger partial charge is 0.220 e. The summed E-state index contributed by atoms with van der Waals surface area (Å²) in [6.07, 6.45) is 2.73. The number of likely N-dealkylation sites (tertiary alicyclic amines) is 1. The van der Waals surface area contributed by atoms with Gasteiger partial charge in [-0.1, -0.05) is 19.9 Å². The van der Waals surface area contributed by atoms with Crippen molar-refractivity contribution in [2.75, 3.05) is 33.7 Å². The Hall–Kier alpha value is -1.56. The first-order valence-electron chi connectivity index (χ1n) is 8.66. The fourth-order valence-electron chi connectivity index (χ4n) is 3.10. The van der Waals surface area contributed by atoms with Crippen LogP contribution in [-0.4, -0.2) is 50.5 Å². The maximum absolute atomic E-state index is 11.5. The number of amides is 1. The highest BCUT2D eigenvalue weighted by molar-refractivity contribution is 7.10. The van der Waals surface area contributed by atoms with Gasteiger partial charge in [-0.3, -0.25) is 9.79 Å². The van der Waals surface area contributed by atoms with Gasteiger partial charge in [0.05, 0.1) is 0 Å². The molecular formula is C18H30N4OS. The third-order valence-corrected chi connectivity index (χ3v) is 5.99. The van der Waals surface area contributed by atoms with Crippen LogP contribution in [0.3, 0.4) is 0 Å². The number of rotatable bonds is 5. The van der Waals surface area contributed by atoms with E-state index in [1.165, 1.54) is 4.88 Å². The van der Waals surface area contributed by atoms with E-state index in [9.17, 15) is 4.79 Å². The molecule has 1 aromatic heterocycles. The van der Waals surface area contributed by atoms with Crippen molar-refractivity contribution in [3.63, 3.8) is 0 Å². The molecule has 1 aliphatic heterocycles. The molecule has 0 bridgehead atoms. The third-order valence-electron chi connectivity index (χ3n) is 4.76. The van der Waals surface area contributed by atoms with Crippen LogP contribution in [0, 0.1) is 5.92 Å². The van der Waals surface area contributed by atoms with Crippen molar-refractivity contribution in [1.82, 2.24) is 15.5 Å². The van der Waals surface area contributed by atoms with Gasteiger partial charge in [-0.15, -0.1) is 11.3 Å². The van der Waals surface area contributed by atoms with Crippen molar-refractivity contribution in [2.45, 2.75) is 38.5 Å². The molecule has 0 unspecified atom stereocenters. The SMILES string of the molecule is CN=C(NCC(C)(C)c1cccs1)N1CCC(CC(=O)NC)CC1. The Morgan fingerprint density at radius 2 is 2.12 bits per heavy atom. The minimum absolute atomic E-state index is 0.0850. The van der Waals surface area contributed by atoms with E-state index in [1.54, 1.807) is 18.4 Å². The average molecular weight is 351 g/mol. The van der Waals surface area contributed by atoms with Gasteiger partial charge in [-0.25, -0.2) is 0 Å². The van der Waals surface area contributed by atoms with E-state index < -0.39 is 0 Å². The summed E-state index contributed by atoms with van der Waals surface area (Å²) in [5.41, 5.74) is 0.0850. The standard InChI is InChI=1S/C18H30N4OS/c1-18(2,15-6-5-11-24-15)13-21-17(20-4)22-9-7-14(8-10-22)12-16(23)19-3/h5-6,11,14H,7-10,12-13H2,1-4H3,(H,19,23)(H,20,21). The van der Waals surface area contributed by atoms with Crippen molar-refractivity contribution in [3.05, 3.63) is 22.4 Å². The van der Waals surface area contributed by atoms with Crippen LogP contribution in [-0.2, 0) is 10.2 Å². The quantitative estimate of drug-likeness (QED) is 0.633. The second-order valence-electron chi connectivity index (χ2n) is 7.07. The predicted molar refractivity (Wildman–Crippen MR) is 102 cm³/mol. The lowest BCUT2D eigenvalue weighted by Crippen LogP contribution is -2.48. The minimum Gasteiger partial charge on any atom is -0.359 e. The molecular weight excluding hydrogens is 320 g/mol. The third kappa shape index (κ3) is 4.97. The molecule has 0 aliphatic carbocycles. The van der Waals surface area contributed by atoms with Gasteiger partial charge < -0.3 is 15.5 Å². The van der Waals surface area contributed by atoms with E-state index in [0.717, 1.165) is 38.4 Å². The molecule has 0 spiro atoms. The Morgan fingerprint density at radius 1 is 1.42 bits per heavy atom. The monoisotopic (exact) mass is 350 g/mol. The van der Waals surface area contributed by atoms with Crippen LogP contribution < -0.4 is 10.6 Å². The summed E-state index contributed by atoms with van der Waals surface area (Å²) >= 11 is 1.80. The van der Waals surface area contributed by atoms with Crippen LogP contribution in [0.5, 0.6) is 0 Å². The van der Waals surface area contributed by atoms with Gasteiger partial charge in [-0.2, -0.15) is 0 Å². The van der Waals surface area contributed by atoms with E-state index in [0.29, 0.717) is 12.3 Å². The lowest BCUT2D eigenvalue weighted by atomic mass is 9.91. The van der Waals surface area contributed by atoms with E-state index in [2.05, 4.69) is 51.9 Å². The summed E-state index contributed by atoms with van der Waals surface area (Å²) in [6.45, 7) is 7.29. The van der Waals surface area contributed by atoms with E-state index in [-0.39, 0.29) is 11.3 Å². The first-order valence-corrected chi connectivity index (χ1v) is 9.54. The van der Waals surface area contributed by atoms with Crippen LogP contribution in [0.1, 0.15) is 38.0 Å². The number of carbonyl (C=O) groups excluding carboxylic acids is 1. The summed E-state index contributed by atoms with van der Waals surface area (Å²) in [5, 5.41) is 8.39. The van der Waals surface area contributed by atoms with Gasteiger partial charge in [0.15, 0.2) is 5.96 Å². The van der Waals surface area contributed by atoms with Gasteiger partial charge >= 0.3 is 0 Å². The Bertz CT molecular complexity index is 545. The van der Waals surface area contributed by atoms with Crippen LogP contribution in [0.4, 0.5) is 0 Å². The first-order chi connectivity index (χ1) is 11.5. The highest BCUT2D eigenvalue weighted by Crippen LogP contribution is 2.27. The van der Waals surface area contributed by atoms with E-state index in [1.807, 2.05) is 7.05 Å². The summed E-state index contributed by atoms with van der Waals surface area (Å²) in [6, 6.07) is 4.30. The van der Waals surface area contributed by atoms with Gasteiger partial charge in [0.25, 0.3) is 0 Å². The highest BCUT2D eigenvalue weighted by atomic mass is 32.1. The minimum atomic E-state index is 0.0850. The van der Waals surface area contributed by atoms with Crippen molar-refractivity contribution in [3.8, 4) is 0 Å². The number of carbonyl (C=O) groups is 1. The summed E-state index contributed by atoms with van der Waals surface area (Å²) in [7, 11) is 3.55. The normalized spacial score (nSPS) is 17.0. The van der Waals surface area contributed by atoms with Crippen molar-refractivity contribution in [2.24, 2.45) is 10.9 Å². The number of nitrogens with zero attached hydrogens (tertiary/aromatic N) is 2. The zero-order chi connectivity index (χ0) is 17.6. The molecule has 0 radical (unpaired) electrons. The lowest BCUT2D eigenvalue weighted by Gasteiger charge is -2.35. The maximum Gasteiger partial charge on any atom is 0.220 e. The number of aliphatic imine (C=N–C) groups is 1. The number of piperidine rings is 1. The zero-order valence-electron chi connectivity index (χ0n) is 15.3. The van der Waals surface area contributed by atoms with Gasteiger partial charge in [0.1, 0.15) is 0 Å². The van der Waals surface area contributed by atoms with Gasteiger partial charge in [-0.05, 0) is 30.2 Å². The predicted octanol–water partition coefficient (Wildman–Crippen LogP) is 2.45. The van der Waals surface area contributed by atoms with Crippen LogP contribution >= 0.6 is 11.3 Å². The Morgan fingerprint density at radius 3 is 2.67 bits per heavy atom.